The van der Waals surface area contributed by atoms with Crippen molar-refractivity contribution in [2.24, 2.45) is 11.0 Å². The van der Waals surface area contributed by atoms with Crippen molar-refractivity contribution in [3.05, 3.63) is 4.91 Å². The molecule has 0 aromatic carbocycles. The first-order valence-corrected chi connectivity index (χ1v) is 7.66. The lowest BCUT2D eigenvalue weighted by Crippen LogP contribution is -2.40. The average molecular weight is 287 g/mol. The second-order valence-electron chi connectivity index (χ2n) is 2.62. The van der Waals surface area contributed by atoms with Gasteiger partial charge in [0.25, 0.3) is 0 Å². The highest BCUT2D eigenvalue weighted by atomic mass is 35.5. The van der Waals surface area contributed by atoms with E-state index in [0.717, 1.165) is 11.5 Å². The Morgan fingerprint density at radius 3 is 2.62 bits per heavy atom. The molecule has 16 heavy (non-hydrogen) atoms. The number of amides is 2. The molecule has 0 aromatic heterocycles. The van der Waals surface area contributed by atoms with Crippen LogP contribution in [0.3, 0.4) is 0 Å². The number of halogens is 1. The van der Waals surface area contributed by atoms with Crippen LogP contribution in [0.25, 0.3) is 0 Å². The number of carbonyl (C=O) groups is 1. The minimum absolute atomic E-state index is 0.326. The summed E-state index contributed by atoms with van der Waals surface area (Å²) in [4.78, 5) is 22.6. The molecule has 9 heteroatoms. The Balaban J connectivity index is 3.75. The lowest BCUT2D eigenvalue weighted by Gasteiger charge is -2.19. The van der Waals surface area contributed by atoms with Gasteiger partial charge in [-0.25, -0.2) is 4.79 Å². The predicted molar refractivity (Wildman–Crippen MR) is 70.6 cm³/mol. The molecule has 3 N–H and O–H groups in total. The van der Waals surface area contributed by atoms with E-state index in [-0.39, 0.29) is 0 Å². The van der Waals surface area contributed by atoms with E-state index in [1.54, 1.807) is 21.6 Å². The van der Waals surface area contributed by atoms with Gasteiger partial charge in [0, 0.05) is 37.0 Å². The molecule has 0 unspecified atom stereocenters. The van der Waals surface area contributed by atoms with Crippen molar-refractivity contribution in [3.8, 4) is 0 Å². The number of hydrogen-bond acceptors (Lipinski definition) is 6. The molecular formula is C7H15ClN4O2S2. The molecule has 2 amide bonds. The molecule has 0 aliphatic rings. The van der Waals surface area contributed by atoms with Crippen LogP contribution < -0.4 is 11.2 Å². The SMILES string of the molecule is NCCSSCCN(CCCl)C(=O)NN=O. The fourth-order valence-corrected chi connectivity index (χ4v) is 2.89. The zero-order chi connectivity index (χ0) is 12.2. The van der Waals surface area contributed by atoms with Crippen molar-refractivity contribution < 1.29 is 4.79 Å². The van der Waals surface area contributed by atoms with Gasteiger partial charge in [-0.1, -0.05) is 21.6 Å². The third-order valence-electron chi connectivity index (χ3n) is 1.51. The van der Waals surface area contributed by atoms with Crippen LogP contribution in [0, 0.1) is 4.91 Å². The van der Waals surface area contributed by atoms with Gasteiger partial charge in [-0.05, 0) is 0 Å². The molecule has 0 spiro atoms. The summed E-state index contributed by atoms with van der Waals surface area (Å²) in [7, 11) is 3.28. The summed E-state index contributed by atoms with van der Waals surface area (Å²) in [5, 5.41) is 2.33. The monoisotopic (exact) mass is 286 g/mol. The van der Waals surface area contributed by atoms with Gasteiger partial charge in [0.05, 0.1) is 5.29 Å². The van der Waals surface area contributed by atoms with E-state index in [0.29, 0.717) is 25.5 Å². The number of hydrogen-bond donors (Lipinski definition) is 2. The maximum Gasteiger partial charge on any atom is 0.340 e. The van der Waals surface area contributed by atoms with E-state index < -0.39 is 6.03 Å². The summed E-state index contributed by atoms with van der Waals surface area (Å²) >= 11 is 5.54. The molecule has 0 rings (SSSR count). The molecule has 0 aliphatic heterocycles. The van der Waals surface area contributed by atoms with Gasteiger partial charge >= 0.3 is 6.03 Å². The van der Waals surface area contributed by atoms with Crippen LogP contribution in [0.4, 0.5) is 4.79 Å². The minimum Gasteiger partial charge on any atom is -0.330 e. The number of nitrogens with one attached hydrogen (secondary N) is 1. The highest BCUT2D eigenvalue weighted by Gasteiger charge is 2.11. The van der Waals surface area contributed by atoms with E-state index in [1.807, 2.05) is 5.43 Å². The van der Waals surface area contributed by atoms with Crippen LogP contribution in [0.15, 0.2) is 5.29 Å². The van der Waals surface area contributed by atoms with Crippen molar-refractivity contribution >= 4 is 39.2 Å². The molecule has 6 nitrogen and oxygen atoms in total. The second kappa shape index (κ2) is 11.3. The minimum atomic E-state index is -0.514. The summed E-state index contributed by atoms with van der Waals surface area (Å²) in [6, 6.07) is -0.514. The number of nitrogens with zero attached hydrogens (tertiary/aromatic N) is 2. The Labute approximate surface area is 107 Å². The van der Waals surface area contributed by atoms with Gasteiger partial charge in [0.2, 0.25) is 0 Å². The zero-order valence-corrected chi connectivity index (χ0v) is 11.1. The van der Waals surface area contributed by atoms with Gasteiger partial charge < -0.3 is 10.6 Å². The Morgan fingerprint density at radius 1 is 1.38 bits per heavy atom. The van der Waals surface area contributed by atoms with E-state index in [2.05, 4.69) is 5.29 Å². The number of nitroso groups, excluding NO2 is 1. The lowest BCUT2D eigenvalue weighted by atomic mass is 10.5. The van der Waals surface area contributed by atoms with Crippen LogP contribution in [0.1, 0.15) is 0 Å². The van der Waals surface area contributed by atoms with E-state index in [1.165, 1.54) is 4.90 Å². The molecule has 0 saturated carbocycles. The van der Waals surface area contributed by atoms with Crippen LogP contribution >= 0.6 is 33.2 Å². The van der Waals surface area contributed by atoms with Crippen LogP contribution in [0.5, 0.6) is 0 Å². The molecule has 0 fully saturated rings. The summed E-state index contributed by atoms with van der Waals surface area (Å²) in [6.45, 7) is 1.56. The smallest absolute Gasteiger partial charge is 0.330 e. The molecular weight excluding hydrogens is 272 g/mol. The number of rotatable bonds is 9. The maximum atomic E-state index is 11.3. The lowest BCUT2D eigenvalue weighted by molar-refractivity contribution is 0.204. The highest BCUT2D eigenvalue weighted by molar-refractivity contribution is 8.76. The molecule has 0 radical (unpaired) electrons. The fourth-order valence-electron chi connectivity index (χ4n) is 0.840. The Hall–Kier alpha value is -0.180. The van der Waals surface area contributed by atoms with E-state index in [9.17, 15) is 9.70 Å². The van der Waals surface area contributed by atoms with Crippen molar-refractivity contribution in [2.45, 2.75) is 0 Å². The van der Waals surface area contributed by atoms with E-state index >= 15 is 0 Å². The third kappa shape index (κ3) is 8.03. The number of nitrogens with two attached hydrogens (primary N) is 1. The van der Waals surface area contributed by atoms with Crippen LogP contribution in [0.2, 0.25) is 0 Å². The Morgan fingerprint density at radius 2 is 2.06 bits per heavy atom. The van der Waals surface area contributed by atoms with Crippen molar-refractivity contribution in [3.63, 3.8) is 0 Å². The highest BCUT2D eigenvalue weighted by Crippen LogP contribution is 2.19. The molecule has 0 aromatic rings. The summed E-state index contributed by atoms with van der Waals surface area (Å²) in [6.07, 6.45) is 0. The molecule has 0 atom stereocenters. The summed E-state index contributed by atoms with van der Waals surface area (Å²) in [5.41, 5.74) is 7.18. The number of urea groups is 1. The second-order valence-corrected chi connectivity index (χ2v) is 5.70. The van der Waals surface area contributed by atoms with Gasteiger partial charge in [-0.15, -0.1) is 16.5 Å². The summed E-state index contributed by atoms with van der Waals surface area (Å²) in [5.74, 6) is 1.96. The van der Waals surface area contributed by atoms with Crippen molar-refractivity contribution in [1.82, 2.24) is 10.3 Å². The topological polar surface area (TPSA) is 87.8 Å². The van der Waals surface area contributed by atoms with Gasteiger partial charge in [-0.2, -0.15) is 5.43 Å². The largest absolute Gasteiger partial charge is 0.340 e. The van der Waals surface area contributed by atoms with Gasteiger partial charge in [0.1, 0.15) is 0 Å². The number of alkyl halides is 1. The Bertz CT molecular complexity index is 211. The number of carbonyl (C=O) groups excluding carboxylic acids is 1. The zero-order valence-electron chi connectivity index (χ0n) is 8.73. The molecule has 0 heterocycles. The van der Waals surface area contributed by atoms with Crippen molar-refractivity contribution in [2.75, 3.05) is 37.0 Å². The molecule has 94 valence electrons. The normalized spacial score (nSPS) is 9.88. The van der Waals surface area contributed by atoms with Crippen LogP contribution in [-0.2, 0) is 0 Å². The summed E-state index contributed by atoms with van der Waals surface area (Å²) < 4.78 is 0. The first-order chi connectivity index (χ1) is 7.76. The standard InChI is InChI=1S/C7H15ClN4O2S2/c8-1-3-12(7(13)10-11-14)4-6-16-15-5-2-9/h1-6,9H2,(H,10,13,14). The molecule has 0 aliphatic carbocycles. The fraction of sp³-hybridized carbons (Fsp3) is 0.857. The quantitative estimate of drug-likeness (QED) is 0.219. The molecule has 0 saturated heterocycles. The average Bonchev–Trinajstić information content (AvgIpc) is 2.27. The predicted octanol–water partition coefficient (Wildman–Crippen LogP) is 1.26. The first kappa shape index (κ1) is 15.8. The van der Waals surface area contributed by atoms with Gasteiger partial charge in [0.15, 0.2) is 0 Å². The molecule has 0 bridgehead atoms. The maximum absolute atomic E-state index is 11.3. The Kier molecular flexibility index (Phi) is 11.2. The van der Waals surface area contributed by atoms with Gasteiger partial charge in [-0.3, -0.25) is 0 Å². The van der Waals surface area contributed by atoms with Crippen molar-refractivity contribution in [1.29, 1.82) is 0 Å². The first-order valence-electron chi connectivity index (χ1n) is 4.64. The van der Waals surface area contributed by atoms with Crippen LogP contribution in [-0.4, -0.2) is 48.0 Å². The van der Waals surface area contributed by atoms with E-state index in [4.69, 9.17) is 17.3 Å². The third-order valence-corrected chi connectivity index (χ3v) is 4.10.